The van der Waals surface area contributed by atoms with Crippen molar-refractivity contribution in [1.82, 2.24) is 10.2 Å². The molecule has 1 aliphatic heterocycles. The van der Waals surface area contributed by atoms with Gasteiger partial charge in [0.15, 0.2) is 0 Å². The monoisotopic (exact) mass is 404 g/mol. The molecule has 0 bridgehead atoms. The highest BCUT2D eigenvalue weighted by molar-refractivity contribution is 9.11. The maximum atomic E-state index is 12.3. The number of hydrogen-bond acceptors (Lipinski definition) is 3. The van der Waals surface area contributed by atoms with Gasteiger partial charge in [0.05, 0.1) is 18.8 Å². The quantitative estimate of drug-likeness (QED) is 0.837. The fraction of sp³-hybridized carbons (Fsp3) is 0.500. The third-order valence-corrected chi connectivity index (χ3v) is 4.37. The lowest BCUT2D eigenvalue weighted by molar-refractivity contribution is 0.0342. The zero-order chi connectivity index (χ0) is 14.5. The van der Waals surface area contributed by atoms with Gasteiger partial charge >= 0.3 is 0 Å². The molecule has 1 heterocycles. The number of ether oxygens (including phenoxy) is 1. The molecule has 0 spiro atoms. The normalized spacial score (nSPS) is 17.8. The lowest BCUT2D eigenvalue weighted by Crippen LogP contribution is -2.46. The van der Waals surface area contributed by atoms with Crippen LogP contribution in [0.25, 0.3) is 0 Å². The molecule has 1 amide bonds. The minimum Gasteiger partial charge on any atom is -0.379 e. The first-order valence-electron chi connectivity index (χ1n) is 6.62. The molecule has 110 valence electrons. The maximum Gasteiger partial charge on any atom is 0.252 e. The number of morpholine rings is 1. The fourth-order valence-electron chi connectivity index (χ4n) is 2.19. The van der Waals surface area contributed by atoms with Crippen molar-refractivity contribution in [1.29, 1.82) is 0 Å². The van der Waals surface area contributed by atoms with Crippen LogP contribution >= 0.6 is 31.9 Å². The molecule has 1 saturated heterocycles. The van der Waals surface area contributed by atoms with E-state index < -0.39 is 0 Å². The molecule has 6 heteroatoms. The van der Waals surface area contributed by atoms with Gasteiger partial charge in [0.25, 0.3) is 5.91 Å². The van der Waals surface area contributed by atoms with E-state index in [2.05, 4.69) is 42.1 Å². The van der Waals surface area contributed by atoms with Crippen LogP contribution in [0.4, 0.5) is 0 Å². The number of carbonyl (C=O) groups is 1. The van der Waals surface area contributed by atoms with Crippen LogP contribution in [0.5, 0.6) is 0 Å². The van der Waals surface area contributed by atoms with Crippen molar-refractivity contribution >= 4 is 37.8 Å². The fourth-order valence-corrected chi connectivity index (χ4v) is 2.98. The third-order valence-electron chi connectivity index (χ3n) is 3.19. The van der Waals surface area contributed by atoms with Crippen LogP contribution in [0.1, 0.15) is 17.3 Å². The Labute approximate surface area is 136 Å². The van der Waals surface area contributed by atoms with Gasteiger partial charge in [0.1, 0.15) is 0 Å². The van der Waals surface area contributed by atoms with E-state index in [-0.39, 0.29) is 11.9 Å². The van der Waals surface area contributed by atoms with Crippen LogP contribution in [-0.2, 0) is 4.74 Å². The minimum absolute atomic E-state index is 0.0565. The van der Waals surface area contributed by atoms with Gasteiger partial charge in [0, 0.05) is 34.6 Å². The van der Waals surface area contributed by atoms with Crippen LogP contribution in [0.3, 0.4) is 0 Å². The smallest absolute Gasteiger partial charge is 0.252 e. The summed E-state index contributed by atoms with van der Waals surface area (Å²) in [7, 11) is 0. The molecule has 0 saturated carbocycles. The summed E-state index contributed by atoms with van der Waals surface area (Å²) in [6, 6.07) is 5.69. The average Bonchev–Trinajstić information content (AvgIpc) is 2.42. The van der Waals surface area contributed by atoms with E-state index in [0.29, 0.717) is 5.56 Å². The first-order valence-corrected chi connectivity index (χ1v) is 8.21. The van der Waals surface area contributed by atoms with Gasteiger partial charge in [-0.2, -0.15) is 0 Å². The number of nitrogens with zero attached hydrogens (tertiary/aromatic N) is 1. The maximum absolute atomic E-state index is 12.3. The first kappa shape index (κ1) is 15.9. The van der Waals surface area contributed by atoms with E-state index in [1.54, 1.807) is 0 Å². The average molecular weight is 406 g/mol. The van der Waals surface area contributed by atoms with Crippen LogP contribution < -0.4 is 5.32 Å². The largest absolute Gasteiger partial charge is 0.379 e. The Morgan fingerprint density at radius 3 is 2.80 bits per heavy atom. The molecule has 1 atom stereocenters. The standard InChI is InChI=1S/C14H18Br2N2O2/c1-10(9-18-4-6-20-7-5-18)17-14(19)12-8-11(15)2-3-13(12)16/h2-3,8,10H,4-7,9H2,1H3,(H,17,19). The van der Waals surface area contributed by atoms with Crippen molar-refractivity contribution in [3.63, 3.8) is 0 Å². The van der Waals surface area contributed by atoms with Crippen molar-refractivity contribution in [3.8, 4) is 0 Å². The predicted octanol–water partition coefficient (Wildman–Crippen LogP) is 2.66. The van der Waals surface area contributed by atoms with Crippen LogP contribution in [0.2, 0.25) is 0 Å². The number of rotatable bonds is 4. The highest BCUT2D eigenvalue weighted by Gasteiger charge is 2.17. The Balaban J connectivity index is 1.91. The molecular weight excluding hydrogens is 388 g/mol. The first-order chi connectivity index (χ1) is 9.56. The predicted molar refractivity (Wildman–Crippen MR) is 86.0 cm³/mol. The van der Waals surface area contributed by atoms with Crippen molar-refractivity contribution in [3.05, 3.63) is 32.7 Å². The lowest BCUT2D eigenvalue weighted by Gasteiger charge is -2.29. The second kappa shape index (κ2) is 7.54. The van der Waals surface area contributed by atoms with E-state index in [1.807, 2.05) is 25.1 Å². The van der Waals surface area contributed by atoms with Gasteiger partial charge in [-0.15, -0.1) is 0 Å². The van der Waals surface area contributed by atoms with Crippen molar-refractivity contribution in [2.45, 2.75) is 13.0 Å². The third kappa shape index (κ3) is 4.55. The van der Waals surface area contributed by atoms with Gasteiger partial charge in [-0.1, -0.05) is 15.9 Å². The SMILES string of the molecule is CC(CN1CCOCC1)NC(=O)c1cc(Br)ccc1Br. The molecule has 1 N–H and O–H groups in total. The number of nitrogens with one attached hydrogen (secondary N) is 1. The van der Waals surface area contributed by atoms with Crippen LogP contribution in [-0.4, -0.2) is 49.7 Å². The molecule has 2 rings (SSSR count). The number of benzene rings is 1. The van der Waals surface area contributed by atoms with E-state index in [4.69, 9.17) is 4.74 Å². The summed E-state index contributed by atoms with van der Waals surface area (Å²) in [5.74, 6) is -0.0565. The Morgan fingerprint density at radius 1 is 1.40 bits per heavy atom. The summed E-state index contributed by atoms with van der Waals surface area (Å²) in [6.45, 7) is 6.29. The Hall–Kier alpha value is -0.430. The summed E-state index contributed by atoms with van der Waals surface area (Å²) in [5.41, 5.74) is 0.646. The Morgan fingerprint density at radius 2 is 2.10 bits per heavy atom. The summed E-state index contributed by atoms with van der Waals surface area (Å²) >= 11 is 6.80. The molecule has 0 aromatic heterocycles. The zero-order valence-corrected chi connectivity index (χ0v) is 14.5. The summed E-state index contributed by atoms with van der Waals surface area (Å²) in [4.78, 5) is 14.6. The molecular formula is C14H18Br2N2O2. The van der Waals surface area contributed by atoms with Gasteiger partial charge in [-0.05, 0) is 41.1 Å². The Kier molecular flexibility index (Phi) is 6.01. The van der Waals surface area contributed by atoms with E-state index >= 15 is 0 Å². The van der Waals surface area contributed by atoms with Gasteiger partial charge in [0.2, 0.25) is 0 Å². The lowest BCUT2D eigenvalue weighted by atomic mass is 10.2. The highest BCUT2D eigenvalue weighted by Crippen LogP contribution is 2.21. The molecule has 1 aromatic rings. The number of halogens is 2. The molecule has 0 aliphatic carbocycles. The molecule has 1 fully saturated rings. The summed E-state index contributed by atoms with van der Waals surface area (Å²) in [5, 5.41) is 3.04. The molecule has 1 aromatic carbocycles. The Bertz CT molecular complexity index is 476. The molecule has 4 nitrogen and oxygen atoms in total. The zero-order valence-electron chi connectivity index (χ0n) is 11.4. The van der Waals surface area contributed by atoms with Gasteiger partial charge in [-0.3, -0.25) is 9.69 Å². The molecule has 1 unspecified atom stereocenters. The van der Waals surface area contributed by atoms with E-state index in [1.165, 1.54) is 0 Å². The van der Waals surface area contributed by atoms with Gasteiger partial charge in [-0.25, -0.2) is 0 Å². The minimum atomic E-state index is -0.0565. The highest BCUT2D eigenvalue weighted by atomic mass is 79.9. The molecule has 1 aliphatic rings. The summed E-state index contributed by atoms with van der Waals surface area (Å²) in [6.07, 6.45) is 0. The van der Waals surface area contributed by atoms with E-state index in [9.17, 15) is 4.79 Å². The second-order valence-corrected chi connectivity index (χ2v) is 6.68. The number of carbonyl (C=O) groups excluding carboxylic acids is 1. The number of hydrogen-bond donors (Lipinski definition) is 1. The summed E-state index contributed by atoms with van der Waals surface area (Å²) < 4.78 is 7.02. The second-order valence-electron chi connectivity index (χ2n) is 4.91. The molecule has 20 heavy (non-hydrogen) atoms. The van der Waals surface area contributed by atoms with Crippen molar-refractivity contribution in [2.24, 2.45) is 0 Å². The number of amides is 1. The van der Waals surface area contributed by atoms with Crippen molar-refractivity contribution in [2.75, 3.05) is 32.8 Å². The van der Waals surface area contributed by atoms with Gasteiger partial charge < -0.3 is 10.1 Å². The van der Waals surface area contributed by atoms with E-state index in [0.717, 1.165) is 41.8 Å². The van der Waals surface area contributed by atoms with Crippen molar-refractivity contribution < 1.29 is 9.53 Å². The topological polar surface area (TPSA) is 41.6 Å². The van der Waals surface area contributed by atoms with Crippen LogP contribution in [0.15, 0.2) is 27.1 Å². The molecule has 0 radical (unpaired) electrons. The van der Waals surface area contributed by atoms with Crippen LogP contribution in [0, 0.1) is 0 Å².